The number of fused-ring (bicyclic) bond motifs is 1. The highest BCUT2D eigenvalue weighted by atomic mass is 35.5. The number of hydrogen-bond donors (Lipinski definition) is 1. The molecule has 90 valence electrons. The summed E-state index contributed by atoms with van der Waals surface area (Å²) in [6.07, 6.45) is 3.52. The number of imidazole rings is 1. The van der Waals surface area contributed by atoms with Crippen LogP contribution in [0.2, 0.25) is 5.02 Å². The molecule has 0 aliphatic rings. The first-order valence-corrected chi connectivity index (χ1v) is 5.92. The Bertz CT molecular complexity index is 691. The van der Waals surface area contributed by atoms with Crippen LogP contribution in [-0.2, 0) is 6.54 Å². The number of pyridine rings is 1. The monoisotopic (exact) mass is 258 g/mol. The molecule has 0 saturated carbocycles. The second-order valence-electron chi connectivity index (χ2n) is 4.02. The highest BCUT2D eigenvalue weighted by Crippen LogP contribution is 2.25. The van der Waals surface area contributed by atoms with Crippen LogP contribution in [0.5, 0.6) is 0 Å². The molecule has 18 heavy (non-hydrogen) atoms. The van der Waals surface area contributed by atoms with Gasteiger partial charge in [-0.2, -0.15) is 0 Å². The Hall–Kier alpha value is -2.07. The van der Waals surface area contributed by atoms with E-state index in [1.165, 1.54) is 0 Å². The van der Waals surface area contributed by atoms with Crippen molar-refractivity contribution in [2.45, 2.75) is 6.54 Å². The van der Waals surface area contributed by atoms with Crippen molar-refractivity contribution in [1.29, 1.82) is 0 Å². The molecule has 3 rings (SSSR count). The van der Waals surface area contributed by atoms with Crippen molar-refractivity contribution in [3.63, 3.8) is 0 Å². The smallest absolute Gasteiger partial charge is 0.201 e. The van der Waals surface area contributed by atoms with Crippen LogP contribution in [0.25, 0.3) is 11.0 Å². The van der Waals surface area contributed by atoms with Gasteiger partial charge in [0, 0.05) is 12.4 Å². The summed E-state index contributed by atoms with van der Waals surface area (Å²) >= 11 is 6.10. The Morgan fingerprint density at radius 2 is 1.94 bits per heavy atom. The van der Waals surface area contributed by atoms with Gasteiger partial charge in [-0.15, -0.1) is 0 Å². The third kappa shape index (κ3) is 1.80. The maximum Gasteiger partial charge on any atom is 0.201 e. The molecule has 2 heterocycles. The zero-order valence-electron chi connectivity index (χ0n) is 9.55. The van der Waals surface area contributed by atoms with E-state index in [1.807, 2.05) is 34.9 Å². The Balaban J connectivity index is 2.12. The van der Waals surface area contributed by atoms with Crippen molar-refractivity contribution in [2.24, 2.45) is 0 Å². The number of hydrogen-bond acceptors (Lipinski definition) is 3. The summed E-state index contributed by atoms with van der Waals surface area (Å²) < 4.78 is 1.94. The van der Waals surface area contributed by atoms with Crippen molar-refractivity contribution in [2.75, 3.05) is 5.73 Å². The van der Waals surface area contributed by atoms with Gasteiger partial charge in [0.2, 0.25) is 5.95 Å². The fraction of sp³-hybridized carbons (Fsp3) is 0.0769. The van der Waals surface area contributed by atoms with Crippen LogP contribution < -0.4 is 5.73 Å². The minimum Gasteiger partial charge on any atom is -0.369 e. The van der Waals surface area contributed by atoms with E-state index in [-0.39, 0.29) is 0 Å². The van der Waals surface area contributed by atoms with Crippen LogP contribution >= 0.6 is 11.6 Å². The zero-order valence-corrected chi connectivity index (χ0v) is 10.3. The molecule has 4 nitrogen and oxygen atoms in total. The van der Waals surface area contributed by atoms with Gasteiger partial charge in [-0.05, 0) is 29.8 Å². The summed E-state index contributed by atoms with van der Waals surface area (Å²) in [5.41, 5.74) is 8.75. The number of halogens is 1. The lowest BCUT2D eigenvalue weighted by Gasteiger charge is -2.06. The number of benzene rings is 1. The molecule has 5 heteroatoms. The molecule has 0 fully saturated rings. The van der Waals surface area contributed by atoms with Crippen LogP contribution in [-0.4, -0.2) is 14.5 Å². The highest BCUT2D eigenvalue weighted by molar-refractivity contribution is 6.35. The van der Waals surface area contributed by atoms with Crippen molar-refractivity contribution in [3.05, 3.63) is 53.3 Å². The molecule has 0 saturated heterocycles. The molecule has 0 aliphatic carbocycles. The fourth-order valence-corrected chi connectivity index (χ4v) is 2.18. The van der Waals surface area contributed by atoms with Gasteiger partial charge in [-0.25, -0.2) is 4.98 Å². The van der Waals surface area contributed by atoms with E-state index in [1.54, 1.807) is 12.4 Å². The molecule has 0 unspecified atom stereocenters. The van der Waals surface area contributed by atoms with E-state index < -0.39 is 0 Å². The molecular formula is C13H11ClN4. The second-order valence-corrected chi connectivity index (χ2v) is 4.43. The van der Waals surface area contributed by atoms with Crippen LogP contribution in [0.3, 0.4) is 0 Å². The van der Waals surface area contributed by atoms with E-state index in [0.29, 0.717) is 17.5 Å². The van der Waals surface area contributed by atoms with Crippen molar-refractivity contribution in [1.82, 2.24) is 14.5 Å². The molecule has 2 aromatic heterocycles. The molecule has 0 radical (unpaired) electrons. The molecule has 2 N–H and O–H groups in total. The Kier molecular flexibility index (Phi) is 2.64. The normalized spacial score (nSPS) is 10.9. The molecule has 3 aromatic rings. The Labute approximate surface area is 109 Å². The lowest BCUT2D eigenvalue weighted by atomic mass is 10.2. The quantitative estimate of drug-likeness (QED) is 0.769. The van der Waals surface area contributed by atoms with Gasteiger partial charge in [-0.1, -0.05) is 17.7 Å². The molecule has 0 amide bonds. The van der Waals surface area contributed by atoms with Crippen LogP contribution in [0.15, 0.2) is 42.7 Å². The van der Waals surface area contributed by atoms with Gasteiger partial charge in [-0.3, -0.25) is 4.98 Å². The Morgan fingerprint density at radius 1 is 1.17 bits per heavy atom. The molecule has 0 spiro atoms. The first kappa shape index (κ1) is 11.0. The van der Waals surface area contributed by atoms with Crippen LogP contribution in [0, 0.1) is 0 Å². The van der Waals surface area contributed by atoms with Crippen LogP contribution in [0.1, 0.15) is 5.56 Å². The summed E-state index contributed by atoms with van der Waals surface area (Å²) in [6, 6.07) is 9.58. The minimum atomic E-state index is 0.468. The average Bonchev–Trinajstić information content (AvgIpc) is 2.70. The average molecular weight is 259 g/mol. The first-order chi connectivity index (χ1) is 8.75. The third-order valence-corrected chi connectivity index (χ3v) is 3.15. The topological polar surface area (TPSA) is 56.7 Å². The molecular weight excluding hydrogens is 248 g/mol. The fourth-order valence-electron chi connectivity index (χ4n) is 1.97. The van der Waals surface area contributed by atoms with Gasteiger partial charge in [0.25, 0.3) is 0 Å². The van der Waals surface area contributed by atoms with E-state index >= 15 is 0 Å². The second kappa shape index (κ2) is 4.31. The SMILES string of the molecule is Nc1nc2c(Cl)cccc2n1Cc1ccncc1. The van der Waals surface area contributed by atoms with Gasteiger partial charge in [0.05, 0.1) is 17.1 Å². The van der Waals surface area contributed by atoms with Crippen LogP contribution in [0.4, 0.5) is 5.95 Å². The maximum absolute atomic E-state index is 6.10. The van der Waals surface area contributed by atoms with Crippen molar-refractivity contribution >= 4 is 28.6 Å². The first-order valence-electron chi connectivity index (χ1n) is 5.55. The summed E-state index contributed by atoms with van der Waals surface area (Å²) in [5.74, 6) is 0.468. The van der Waals surface area contributed by atoms with E-state index in [0.717, 1.165) is 16.6 Å². The minimum absolute atomic E-state index is 0.468. The number of nitrogens with zero attached hydrogens (tertiary/aromatic N) is 3. The number of anilines is 1. The standard InChI is InChI=1S/C13H11ClN4/c14-10-2-1-3-11-12(10)17-13(15)18(11)8-9-4-6-16-7-5-9/h1-7H,8H2,(H2,15,17). The zero-order chi connectivity index (χ0) is 12.5. The summed E-state index contributed by atoms with van der Waals surface area (Å²) in [6.45, 7) is 0.658. The third-order valence-electron chi connectivity index (χ3n) is 2.85. The number of nitrogen functional groups attached to an aromatic ring is 1. The Morgan fingerprint density at radius 3 is 2.72 bits per heavy atom. The van der Waals surface area contributed by atoms with Crippen molar-refractivity contribution in [3.8, 4) is 0 Å². The number of rotatable bonds is 2. The van der Waals surface area contributed by atoms with E-state index in [4.69, 9.17) is 17.3 Å². The lowest BCUT2D eigenvalue weighted by Crippen LogP contribution is -2.04. The summed E-state index contributed by atoms with van der Waals surface area (Å²) in [4.78, 5) is 8.30. The molecule has 1 aromatic carbocycles. The number of nitrogens with two attached hydrogens (primary N) is 1. The van der Waals surface area contributed by atoms with Gasteiger partial charge in [0.15, 0.2) is 0 Å². The maximum atomic E-state index is 6.10. The summed E-state index contributed by atoms with van der Waals surface area (Å²) in [7, 11) is 0. The largest absolute Gasteiger partial charge is 0.369 e. The van der Waals surface area contributed by atoms with Gasteiger partial charge >= 0.3 is 0 Å². The summed E-state index contributed by atoms with van der Waals surface area (Å²) in [5, 5.41) is 0.618. The predicted molar refractivity (Wildman–Crippen MR) is 72.5 cm³/mol. The molecule has 0 bridgehead atoms. The highest BCUT2D eigenvalue weighted by Gasteiger charge is 2.10. The number of aromatic nitrogens is 3. The molecule has 0 aliphatic heterocycles. The number of para-hydroxylation sites is 1. The van der Waals surface area contributed by atoms with Gasteiger partial charge < -0.3 is 10.3 Å². The van der Waals surface area contributed by atoms with E-state index in [9.17, 15) is 0 Å². The van der Waals surface area contributed by atoms with Crippen molar-refractivity contribution < 1.29 is 0 Å². The van der Waals surface area contributed by atoms with Gasteiger partial charge in [0.1, 0.15) is 5.52 Å². The predicted octanol–water partition coefficient (Wildman–Crippen LogP) is 2.72. The van der Waals surface area contributed by atoms with E-state index in [2.05, 4.69) is 9.97 Å². The molecule has 0 atom stereocenters. The lowest BCUT2D eigenvalue weighted by molar-refractivity contribution is 0.836.